The number of carbonyl (C=O) groups excluding carboxylic acids is 1. The van der Waals surface area contributed by atoms with Crippen LogP contribution in [0.25, 0.3) is 0 Å². The molecular weight excluding hydrogens is 240 g/mol. The Morgan fingerprint density at radius 2 is 2.05 bits per heavy atom. The quantitative estimate of drug-likeness (QED) is 0.604. The summed E-state index contributed by atoms with van der Waals surface area (Å²) in [5, 5.41) is 0. The maximum absolute atomic E-state index is 11.5. The van der Waals surface area contributed by atoms with Gasteiger partial charge < -0.3 is 9.47 Å². The summed E-state index contributed by atoms with van der Waals surface area (Å²) < 4.78 is 10.2. The highest BCUT2D eigenvalue weighted by Crippen LogP contribution is 2.23. The molecule has 0 amide bonds. The van der Waals surface area contributed by atoms with Crippen LogP contribution in [0, 0.1) is 5.92 Å². The molecule has 0 saturated carbocycles. The Balaban J connectivity index is 1.65. The standard InChI is InChI=1S/C16H20O3/c1-13-7-9-15(10-8-13)12-19-16(17)18-11-14-5-3-2-4-6-14/h2-7,15H,8-12H2,1H3. The van der Waals surface area contributed by atoms with Crippen molar-refractivity contribution in [2.75, 3.05) is 6.61 Å². The first kappa shape index (κ1) is 13.7. The van der Waals surface area contributed by atoms with Crippen molar-refractivity contribution in [3.05, 3.63) is 47.5 Å². The van der Waals surface area contributed by atoms with Crippen molar-refractivity contribution in [2.24, 2.45) is 5.92 Å². The summed E-state index contributed by atoms with van der Waals surface area (Å²) in [6, 6.07) is 9.60. The molecule has 0 aromatic heterocycles. The lowest BCUT2D eigenvalue weighted by molar-refractivity contribution is 0.0382. The molecular formula is C16H20O3. The van der Waals surface area contributed by atoms with Crippen molar-refractivity contribution >= 4 is 6.16 Å². The van der Waals surface area contributed by atoms with Crippen LogP contribution in [-0.4, -0.2) is 12.8 Å². The number of benzene rings is 1. The second kappa shape index (κ2) is 6.98. The number of hydrogen-bond donors (Lipinski definition) is 0. The molecule has 0 spiro atoms. The predicted molar refractivity (Wildman–Crippen MR) is 73.7 cm³/mol. The van der Waals surface area contributed by atoms with Crippen molar-refractivity contribution in [3.63, 3.8) is 0 Å². The molecule has 1 aromatic rings. The van der Waals surface area contributed by atoms with Crippen LogP contribution in [0.4, 0.5) is 4.79 Å². The lowest BCUT2D eigenvalue weighted by Crippen LogP contribution is -2.16. The Bertz CT molecular complexity index is 437. The molecule has 102 valence electrons. The number of allylic oxidation sites excluding steroid dienone is 2. The summed E-state index contributed by atoms with van der Waals surface area (Å²) in [7, 11) is 0. The van der Waals surface area contributed by atoms with E-state index in [2.05, 4.69) is 13.0 Å². The Morgan fingerprint density at radius 3 is 2.74 bits per heavy atom. The number of carbonyl (C=O) groups is 1. The molecule has 0 N–H and O–H groups in total. The van der Waals surface area contributed by atoms with Crippen LogP contribution in [0.3, 0.4) is 0 Å². The van der Waals surface area contributed by atoms with Crippen molar-refractivity contribution in [2.45, 2.75) is 32.8 Å². The Hall–Kier alpha value is -1.77. The monoisotopic (exact) mass is 260 g/mol. The van der Waals surface area contributed by atoms with Gasteiger partial charge in [0.1, 0.15) is 6.61 Å². The molecule has 1 aromatic carbocycles. The minimum Gasteiger partial charge on any atom is -0.434 e. The number of hydrogen-bond acceptors (Lipinski definition) is 3. The van der Waals surface area contributed by atoms with Crippen LogP contribution in [0.15, 0.2) is 42.0 Å². The fourth-order valence-electron chi connectivity index (χ4n) is 2.11. The molecule has 3 nitrogen and oxygen atoms in total. The molecule has 1 aliphatic rings. The first-order chi connectivity index (χ1) is 9.24. The Labute approximate surface area is 114 Å². The third-order valence-corrected chi connectivity index (χ3v) is 3.38. The van der Waals surface area contributed by atoms with Gasteiger partial charge in [-0.1, -0.05) is 42.0 Å². The van der Waals surface area contributed by atoms with Crippen molar-refractivity contribution in [1.29, 1.82) is 0 Å². The molecule has 0 radical (unpaired) electrons. The summed E-state index contributed by atoms with van der Waals surface area (Å²) in [5.41, 5.74) is 2.40. The van der Waals surface area contributed by atoms with Gasteiger partial charge >= 0.3 is 6.16 Å². The first-order valence-electron chi connectivity index (χ1n) is 6.73. The maximum Gasteiger partial charge on any atom is 0.508 e. The second-order valence-electron chi connectivity index (χ2n) is 5.03. The Morgan fingerprint density at radius 1 is 1.26 bits per heavy atom. The molecule has 0 fully saturated rings. The van der Waals surface area contributed by atoms with Crippen LogP contribution in [-0.2, 0) is 16.1 Å². The molecule has 0 heterocycles. The van der Waals surface area contributed by atoms with Crippen LogP contribution >= 0.6 is 0 Å². The molecule has 3 heteroatoms. The maximum atomic E-state index is 11.5. The van der Waals surface area contributed by atoms with E-state index in [1.54, 1.807) is 0 Å². The van der Waals surface area contributed by atoms with Crippen LogP contribution in [0.2, 0.25) is 0 Å². The van der Waals surface area contributed by atoms with Crippen molar-refractivity contribution in [1.82, 2.24) is 0 Å². The zero-order chi connectivity index (χ0) is 13.5. The fourth-order valence-corrected chi connectivity index (χ4v) is 2.11. The van der Waals surface area contributed by atoms with E-state index >= 15 is 0 Å². The minimum absolute atomic E-state index is 0.267. The summed E-state index contributed by atoms with van der Waals surface area (Å²) in [4.78, 5) is 11.5. The lowest BCUT2D eigenvalue weighted by atomic mass is 9.91. The van der Waals surface area contributed by atoms with Crippen LogP contribution in [0.5, 0.6) is 0 Å². The topological polar surface area (TPSA) is 35.5 Å². The van der Waals surface area contributed by atoms with Gasteiger partial charge in [0, 0.05) is 0 Å². The van der Waals surface area contributed by atoms with Gasteiger partial charge in [-0.3, -0.25) is 0 Å². The third-order valence-electron chi connectivity index (χ3n) is 3.38. The molecule has 0 bridgehead atoms. The normalized spacial score (nSPS) is 18.6. The van der Waals surface area contributed by atoms with Crippen LogP contribution in [0.1, 0.15) is 31.7 Å². The Kier molecular flexibility index (Phi) is 5.01. The van der Waals surface area contributed by atoms with Crippen molar-refractivity contribution in [3.8, 4) is 0 Å². The average Bonchev–Trinajstić information content (AvgIpc) is 2.45. The van der Waals surface area contributed by atoms with E-state index in [0.717, 1.165) is 24.8 Å². The minimum atomic E-state index is -0.574. The highest BCUT2D eigenvalue weighted by molar-refractivity contribution is 5.59. The van der Waals surface area contributed by atoms with E-state index in [9.17, 15) is 4.79 Å². The zero-order valence-corrected chi connectivity index (χ0v) is 11.3. The van der Waals surface area contributed by atoms with Gasteiger partial charge in [0.25, 0.3) is 0 Å². The SMILES string of the molecule is CC1=CCC(COC(=O)OCc2ccccc2)CC1. The molecule has 1 atom stereocenters. The van der Waals surface area contributed by atoms with Crippen LogP contribution < -0.4 is 0 Å². The highest BCUT2D eigenvalue weighted by atomic mass is 16.7. The smallest absolute Gasteiger partial charge is 0.434 e. The molecule has 1 unspecified atom stereocenters. The van der Waals surface area contributed by atoms with E-state index in [0.29, 0.717) is 12.5 Å². The zero-order valence-electron chi connectivity index (χ0n) is 11.3. The third kappa shape index (κ3) is 4.78. The number of ether oxygens (including phenoxy) is 2. The molecule has 0 saturated heterocycles. The van der Waals surface area contributed by atoms with E-state index in [-0.39, 0.29) is 6.61 Å². The first-order valence-corrected chi connectivity index (χ1v) is 6.73. The fraction of sp³-hybridized carbons (Fsp3) is 0.438. The lowest BCUT2D eigenvalue weighted by Gasteiger charge is -2.19. The summed E-state index contributed by atoms with van der Waals surface area (Å²) in [6.07, 6.45) is 4.85. The van der Waals surface area contributed by atoms with E-state index in [1.165, 1.54) is 5.57 Å². The molecule has 0 aliphatic heterocycles. The summed E-state index contributed by atoms with van der Waals surface area (Å²) >= 11 is 0. The van der Waals surface area contributed by atoms with Crippen molar-refractivity contribution < 1.29 is 14.3 Å². The largest absolute Gasteiger partial charge is 0.508 e. The van der Waals surface area contributed by atoms with E-state index in [4.69, 9.17) is 9.47 Å². The number of rotatable bonds is 4. The summed E-state index contributed by atoms with van der Waals surface area (Å²) in [5.74, 6) is 0.438. The highest BCUT2D eigenvalue weighted by Gasteiger charge is 2.15. The van der Waals surface area contributed by atoms with Gasteiger partial charge in [0.2, 0.25) is 0 Å². The second-order valence-corrected chi connectivity index (χ2v) is 5.03. The molecule has 1 aliphatic carbocycles. The van der Waals surface area contributed by atoms with E-state index in [1.807, 2.05) is 30.3 Å². The van der Waals surface area contributed by atoms with Gasteiger partial charge in [-0.05, 0) is 37.7 Å². The van der Waals surface area contributed by atoms with Gasteiger partial charge in [0.05, 0.1) is 6.61 Å². The predicted octanol–water partition coefficient (Wildman–Crippen LogP) is 4.09. The van der Waals surface area contributed by atoms with Gasteiger partial charge in [-0.25, -0.2) is 4.79 Å². The van der Waals surface area contributed by atoms with Gasteiger partial charge in [-0.15, -0.1) is 0 Å². The molecule has 19 heavy (non-hydrogen) atoms. The summed E-state index contributed by atoms with van der Waals surface area (Å²) in [6.45, 7) is 2.87. The van der Waals surface area contributed by atoms with Gasteiger partial charge in [0.15, 0.2) is 0 Å². The average molecular weight is 260 g/mol. The molecule has 2 rings (SSSR count). The van der Waals surface area contributed by atoms with E-state index < -0.39 is 6.16 Å². The van der Waals surface area contributed by atoms with Gasteiger partial charge in [-0.2, -0.15) is 0 Å².